The number of carbonyl (C=O) groups excluding carboxylic acids is 1. The molecule has 0 aliphatic carbocycles. The summed E-state index contributed by atoms with van der Waals surface area (Å²) in [4.78, 5) is 21.1. The van der Waals surface area contributed by atoms with Gasteiger partial charge in [0.05, 0.1) is 0 Å². The summed E-state index contributed by atoms with van der Waals surface area (Å²) in [6.45, 7) is -0.0352. The molecule has 4 nitrogen and oxygen atoms in total. The lowest BCUT2D eigenvalue weighted by molar-refractivity contribution is -0.164. The molecule has 0 unspecified atom stereocenters. The van der Waals surface area contributed by atoms with E-state index in [0.29, 0.717) is 0 Å². The Hall–Kier alpha value is -2.36. The zero-order valence-corrected chi connectivity index (χ0v) is 8.92. The summed E-state index contributed by atoms with van der Waals surface area (Å²) < 4.78 is 4.66. The van der Waals surface area contributed by atoms with E-state index in [0.717, 1.165) is 16.3 Å². The first-order valence-electron chi connectivity index (χ1n) is 5.05. The molecule has 0 fully saturated rings. The maximum absolute atomic E-state index is 10.8. The normalized spacial score (nSPS) is 10.1. The summed E-state index contributed by atoms with van der Waals surface area (Å²) in [5.74, 6) is -2.82. The van der Waals surface area contributed by atoms with Crippen molar-refractivity contribution >= 4 is 22.7 Å². The lowest BCUT2D eigenvalue weighted by Gasteiger charge is -2.06. The third kappa shape index (κ3) is 2.42. The highest BCUT2D eigenvalue weighted by Crippen LogP contribution is 2.19. The molecule has 0 heterocycles. The van der Waals surface area contributed by atoms with Gasteiger partial charge in [0.2, 0.25) is 0 Å². The van der Waals surface area contributed by atoms with Crippen LogP contribution in [-0.2, 0) is 20.9 Å². The minimum Gasteiger partial charge on any atom is -0.473 e. The maximum Gasteiger partial charge on any atom is 0.417 e. The van der Waals surface area contributed by atoms with Crippen molar-refractivity contribution in [2.75, 3.05) is 0 Å². The molecule has 0 saturated carbocycles. The number of hydrogen-bond acceptors (Lipinski definition) is 3. The van der Waals surface area contributed by atoms with E-state index in [4.69, 9.17) is 5.11 Å². The average molecular weight is 230 g/mol. The van der Waals surface area contributed by atoms with Crippen LogP contribution in [-0.4, -0.2) is 17.0 Å². The molecule has 2 rings (SSSR count). The smallest absolute Gasteiger partial charge is 0.417 e. The van der Waals surface area contributed by atoms with Gasteiger partial charge in [-0.15, -0.1) is 0 Å². The number of rotatable bonds is 2. The molecule has 86 valence electrons. The lowest BCUT2D eigenvalue weighted by Crippen LogP contribution is -2.16. The zero-order valence-electron chi connectivity index (χ0n) is 8.92. The van der Waals surface area contributed by atoms with E-state index in [1.54, 1.807) is 6.07 Å². The Bertz CT molecular complexity index is 569. The van der Waals surface area contributed by atoms with Gasteiger partial charge in [-0.3, -0.25) is 0 Å². The van der Waals surface area contributed by atoms with Gasteiger partial charge in [0.15, 0.2) is 0 Å². The molecule has 0 aromatic heterocycles. The number of fused-ring (bicyclic) bond motifs is 1. The monoisotopic (exact) mass is 230 g/mol. The summed E-state index contributed by atoms with van der Waals surface area (Å²) >= 11 is 0. The van der Waals surface area contributed by atoms with Gasteiger partial charge < -0.3 is 9.84 Å². The van der Waals surface area contributed by atoms with Crippen LogP contribution >= 0.6 is 0 Å². The minimum absolute atomic E-state index is 0.0352. The Morgan fingerprint density at radius 2 is 1.76 bits per heavy atom. The highest BCUT2D eigenvalue weighted by molar-refractivity contribution is 6.28. The van der Waals surface area contributed by atoms with Crippen LogP contribution in [0, 0.1) is 0 Å². The molecule has 2 aromatic rings. The van der Waals surface area contributed by atoms with Crippen LogP contribution in [0.4, 0.5) is 0 Å². The predicted octanol–water partition coefficient (Wildman–Crippen LogP) is 1.97. The Balaban J connectivity index is 2.24. The summed E-state index contributed by atoms with van der Waals surface area (Å²) in [6.07, 6.45) is 0. The number of carbonyl (C=O) groups is 2. The van der Waals surface area contributed by atoms with E-state index < -0.39 is 11.9 Å². The van der Waals surface area contributed by atoms with Gasteiger partial charge in [0, 0.05) is 0 Å². The van der Waals surface area contributed by atoms with Crippen LogP contribution in [0.25, 0.3) is 10.8 Å². The SMILES string of the molecule is O=C(O)C(=O)OCc1cccc2ccccc12. The highest BCUT2D eigenvalue weighted by atomic mass is 16.6. The molecule has 0 radical (unpaired) electrons. The molecule has 0 aliphatic heterocycles. The Kier molecular flexibility index (Phi) is 3.05. The summed E-state index contributed by atoms with van der Waals surface area (Å²) in [5, 5.41) is 10.4. The number of ether oxygens (including phenoxy) is 1. The first kappa shape index (κ1) is 11.1. The molecule has 4 heteroatoms. The van der Waals surface area contributed by atoms with Crippen molar-refractivity contribution in [3.05, 3.63) is 48.0 Å². The Labute approximate surface area is 97.4 Å². The minimum atomic E-state index is -1.58. The van der Waals surface area contributed by atoms with Crippen LogP contribution in [0.5, 0.6) is 0 Å². The molecule has 0 spiro atoms. The van der Waals surface area contributed by atoms with Crippen molar-refractivity contribution in [3.8, 4) is 0 Å². The first-order valence-corrected chi connectivity index (χ1v) is 5.05. The van der Waals surface area contributed by atoms with E-state index in [2.05, 4.69) is 4.74 Å². The number of esters is 1. The van der Waals surface area contributed by atoms with Crippen molar-refractivity contribution in [1.29, 1.82) is 0 Å². The Morgan fingerprint density at radius 3 is 2.53 bits per heavy atom. The third-order valence-corrected chi connectivity index (χ3v) is 2.41. The van der Waals surface area contributed by atoms with E-state index in [-0.39, 0.29) is 6.61 Å². The quantitative estimate of drug-likeness (QED) is 0.632. The highest BCUT2D eigenvalue weighted by Gasteiger charge is 2.13. The molecule has 0 amide bonds. The van der Waals surface area contributed by atoms with E-state index in [9.17, 15) is 9.59 Å². The van der Waals surface area contributed by atoms with Gasteiger partial charge in [-0.25, -0.2) is 9.59 Å². The second-order valence-electron chi connectivity index (χ2n) is 3.52. The second-order valence-corrected chi connectivity index (χ2v) is 3.52. The largest absolute Gasteiger partial charge is 0.473 e. The fourth-order valence-corrected chi connectivity index (χ4v) is 1.62. The van der Waals surface area contributed by atoms with Crippen LogP contribution in [0.2, 0.25) is 0 Å². The van der Waals surface area contributed by atoms with Crippen molar-refractivity contribution in [2.45, 2.75) is 6.61 Å². The van der Waals surface area contributed by atoms with E-state index >= 15 is 0 Å². The van der Waals surface area contributed by atoms with Gasteiger partial charge in [0.1, 0.15) is 6.61 Å². The Morgan fingerprint density at radius 1 is 1.06 bits per heavy atom. The first-order chi connectivity index (χ1) is 8.18. The molecule has 0 aliphatic rings. The van der Waals surface area contributed by atoms with Gasteiger partial charge >= 0.3 is 11.9 Å². The summed E-state index contributed by atoms with van der Waals surface area (Å²) in [6, 6.07) is 13.2. The molecule has 1 N–H and O–H groups in total. The van der Waals surface area contributed by atoms with Crippen molar-refractivity contribution in [1.82, 2.24) is 0 Å². The summed E-state index contributed by atoms with van der Waals surface area (Å²) in [7, 11) is 0. The van der Waals surface area contributed by atoms with Crippen molar-refractivity contribution in [3.63, 3.8) is 0 Å². The fourth-order valence-electron chi connectivity index (χ4n) is 1.62. The number of carboxylic acid groups (broad SMARTS) is 1. The molecule has 17 heavy (non-hydrogen) atoms. The fraction of sp³-hybridized carbons (Fsp3) is 0.0769. The second kappa shape index (κ2) is 4.65. The van der Waals surface area contributed by atoms with Gasteiger partial charge in [-0.1, -0.05) is 42.5 Å². The molecular formula is C13H10O4. The number of aliphatic carboxylic acids is 1. The molecule has 2 aromatic carbocycles. The molecule has 0 bridgehead atoms. The molecular weight excluding hydrogens is 220 g/mol. The van der Waals surface area contributed by atoms with Crippen LogP contribution in [0.1, 0.15) is 5.56 Å². The van der Waals surface area contributed by atoms with E-state index in [1.807, 2.05) is 36.4 Å². The zero-order chi connectivity index (χ0) is 12.3. The van der Waals surface area contributed by atoms with Crippen LogP contribution in [0.15, 0.2) is 42.5 Å². The average Bonchev–Trinajstić information content (AvgIpc) is 2.35. The van der Waals surface area contributed by atoms with Gasteiger partial charge in [-0.2, -0.15) is 0 Å². The molecule has 0 saturated heterocycles. The number of hydrogen-bond donors (Lipinski definition) is 1. The maximum atomic E-state index is 10.8. The van der Waals surface area contributed by atoms with Gasteiger partial charge in [0.25, 0.3) is 0 Å². The van der Waals surface area contributed by atoms with Crippen LogP contribution in [0.3, 0.4) is 0 Å². The third-order valence-electron chi connectivity index (χ3n) is 2.41. The van der Waals surface area contributed by atoms with Crippen molar-refractivity contribution < 1.29 is 19.4 Å². The van der Waals surface area contributed by atoms with Crippen molar-refractivity contribution in [2.24, 2.45) is 0 Å². The standard InChI is InChI=1S/C13H10O4/c14-12(15)13(16)17-8-10-6-3-5-9-4-1-2-7-11(9)10/h1-7H,8H2,(H,14,15). The molecule has 0 atom stereocenters. The topological polar surface area (TPSA) is 63.6 Å². The van der Waals surface area contributed by atoms with E-state index in [1.165, 1.54) is 0 Å². The lowest BCUT2D eigenvalue weighted by atomic mass is 10.1. The van der Waals surface area contributed by atoms with Gasteiger partial charge in [-0.05, 0) is 16.3 Å². The van der Waals surface area contributed by atoms with Crippen LogP contribution < -0.4 is 0 Å². The predicted molar refractivity (Wildman–Crippen MR) is 61.4 cm³/mol. The number of benzene rings is 2. The number of carboxylic acids is 1. The summed E-state index contributed by atoms with van der Waals surface area (Å²) in [5.41, 5.74) is 0.790.